The molecule has 0 saturated carbocycles. The van der Waals surface area contributed by atoms with Crippen LogP contribution in [-0.4, -0.2) is 35.8 Å². The highest BCUT2D eigenvalue weighted by Crippen LogP contribution is 2.25. The summed E-state index contributed by atoms with van der Waals surface area (Å²) in [6.45, 7) is 2.12. The summed E-state index contributed by atoms with van der Waals surface area (Å²) in [5, 5.41) is 8.29. The van der Waals surface area contributed by atoms with Gasteiger partial charge in [-0.3, -0.25) is 4.79 Å². The van der Waals surface area contributed by atoms with E-state index in [4.69, 9.17) is 14.6 Å². The van der Waals surface area contributed by atoms with E-state index in [1.165, 1.54) is 11.8 Å². The molecule has 0 saturated heterocycles. The van der Waals surface area contributed by atoms with Crippen LogP contribution in [0, 0.1) is 0 Å². The van der Waals surface area contributed by atoms with Gasteiger partial charge in [-0.15, -0.1) is 11.8 Å². The quantitative estimate of drug-likeness (QED) is 0.758. The number of rotatable bonds is 7. The standard InChI is InChI=1S/C12H16O4S/c1-9(12(13)14)17-8-7-16-11-6-4-3-5-10(11)15-2/h3-6,9H,7-8H2,1-2H3,(H,13,14). The van der Waals surface area contributed by atoms with E-state index in [1.54, 1.807) is 14.0 Å². The van der Waals surface area contributed by atoms with Crippen molar-refractivity contribution < 1.29 is 19.4 Å². The zero-order chi connectivity index (χ0) is 12.7. The lowest BCUT2D eigenvalue weighted by Gasteiger charge is -2.10. The molecular weight excluding hydrogens is 240 g/mol. The summed E-state index contributed by atoms with van der Waals surface area (Å²) < 4.78 is 10.7. The minimum Gasteiger partial charge on any atom is -0.493 e. The number of para-hydroxylation sites is 2. The van der Waals surface area contributed by atoms with Gasteiger partial charge >= 0.3 is 5.97 Å². The summed E-state index contributed by atoms with van der Waals surface area (Å²) in [7, 11) is 1.59. The number of hydrogen-bond donors (Lipinski definition) is 1. The number of thioether (sulfide) groups is 1. The summed E-state index contributed by atoms with van der Waals surface area (Å²) in [6.07, 6.45) is 0. The molecule has 0 amide bonds. The van der Waals surface area contributed by atoms with E-state index in [2.05, 4.69) is 0 Å². The molecule has 0 bridgehead atoms. The fourth-order valence-corrected chi connectivity index (χ4v) is 1.86. The third-order valence-corrected chi connectivity index (χ3v) is 3.23. The Morgan fingerprint density at radius 1 is 1.41 bits per heavy atom. The van der Waals surface area contributed by atoms with Crippen LogP contribution in [0.1, 0.15) is 6.92 Å². The van der Waals surface area contributed by atoms with Crippen LogP contribution < -0.4 is 9.47 Å². The maximum absolute atomic E-state index is 10.6. The van der Waals surface area contributed by atoms with Crippen LogP contribution in [0.5, 0.6) is 11.5 Å². The molecule has 1 N–H and O–H groups in total. The van der Waals surface area contributed by atoms with Crippen molar-refractivity contribution in [1.82, 2.24) is 0 Å². The molecule has 1 aromatic rings. The normalized spacial score (nSPS) is 11.9. The second kappa shape index (κ2) is 7.06. The Morgan fingerprint density at radius 3 is 2.65 bits per heavy atom. The first-order chi connectivity index (χ1) is 8.15. The molecule has 1 aromatic carbocycles. The summed E-state index contributed by atoms with van der Waals surface area (Å²) in [6, 6.07) is 7.38. The third kappa shape index (κ3) is 4.56. The van der Waals surface area contributed by atoms with E-state index in [0.29, 0.717) is 23.9 Å². The minimum atomic E-state index is -0.799. The molecule has 4 nitrogen and oxygen atoms in total. The van der Waals surface area contributed by atoms with Crippen molar-refractivity contribution in [2.45, 2.75) is 12.2 Å². The number of carbonyl (C=O) groups is 1. The van der Waals surface area contributed by atoms with Crippen molar-refractivity contribution in [3.8, 4) is 11.5 Å². The Hall–Kier alpha value is -1.36. The molecular formula is C12H16O4S. The van der Waals surface area contributed by atoms with Gasteiger partial charge in [-0.1, -0.05) is 12.1 Å². The molecule has 0 aliphatic carbocycles. The number of hydrogen-bond acceptors (Lipinski definition) is 4. The van der Waals surface area contributed by atoms with Gasteiger partial charge in [0, 0.05) is 5.75 Å². The number of ether oxygens (including phenoxy) is 2. The van der Waals surface area contributed by atoms with E-state index in [1.807, 2.05) is 24.3 Å². The van der Waals surface area contributed by atoms with Crippen molar-refractivity contribution in [1.29, 1.82) is 0 Å². The largest absolute Gasteiger partial charge is 0.493 e. The van der Waals surface area contributed by atoms with E-state index < -0.39 is 11.2 Å². The lowest BCUT2D eigenvalue weighted by Crippen LogP contribution is -2.14. The molecule has 1 rings (SSSR count). The van der Waals surface area contributed by atoms with E-state index >= 15 is 0 Å². The van der Waals surface area contributed by atoms with Crippen molar-refractivity contribution in [3.63, 3.8) is 0 Å². The SMILES string of the molecule is COc1ccccc1OCCSC(C)C(=O)O. The molecule has 0 fully saturated rings. The van der Waals surface area contributed by atoms with Gasteiger partial charge in [0.15, 0.2) is 11.5 Å². The average Bonchev–Trinajstić information content (AvgIpc) is 2.34. The summed E-state index contributed by atoms with van der Waals surface area (Å²) in [4.78, 5) is 10.6. The Balaban J connectivity index is 2.33. The van der Waals surface area contributed by atoms with Gasteiger partial charge in [0.05, 0.1) is 19.0 Å². The topological polar surface area (TPSA) is 55.8 Å². The second-order valence-corrected chi connectivity index (χ2v) is 4.80. The molecule has 0 aromatic heterocycles. The van der Waals surface area contributed by atoms with Gasteiger partial charge in [-0.05, 0) is 19.1 Å². The summed E-state index contributed by atoms with van der Waals surface area (Å²) >= 11 is 1.35. The summed E-state index contributed by atoms with van der Waals surface area (Å²) in [5.74, 6) is 1.19. The smallest absolute Gasteiger partial charge is 0.316 e. The predicted octanol–water partition coefficient (Wildman–Crippen LogP) is 2.28. The Labute approximate surface area is 105 Å². The number of methoxy groups -OCH3 is 1. The third-order valence-electron chi connectivity index (χ3n) is 2.13. The second-order valence-electron chi connectivity index (χ2n) is 3.35. The first kappa shape index (κ1) is 13.7. The maximum Gasteiger partial charge on any atom is 0.316 e. The highest BCUT2D eigenvalue weighted by molar-refractivity contribution is 8.00. The number of carboxylic acids is 1. The van der Waals surface area contributed by atoms with Crippen LogP contribution in [0.2, 0.25) is 0 Å². The predicted molar refractivity (Wildman–Crippen MR) is 68.0 cm³/mol. The van der Waals surface area contributed by atoms with Gasteiger partial charge in [0.2, 0.25) is 0 Å². The van der Waals surface area contributed by atoms with Crippen LogP contribution >= 0.6 is 11.8 Å². The Morgan fingerprint density at radius 2 is 2.06 bits per heavy atom. The van der Waals surface area contributed by atoms with Crippen LogP contribution in [0.15, 0.2) is 24.3 Å². The van der Waals surface area contributed by atoms with Gasteiger partial charge in [0.25, 0.3) is 0 Å². The van der Waals surface area contributed by atoms with Gasteiger partial charge in [0.1, 0.15) is 0 Å². The van der Waals surface area contributed by atoms with E-state index in [9.17, 15) is 4.79 Å². The van der Waals surface area contributed by atoms with Crippen molar-refractivity contribution >= 4 is 17.7 Å². The van der Waals surface area contributed by atoms with Crippen molar-refractivity contribution in [2.75, 3.05) is 19.5 Å². The molecule has 0 spiro atoms. The van der Waals surface area contributed by atoms with Gasteiger partial charge < -0.3 is 14.6 Å². The first-order valence-electron chi connectivity index (χ1n) is 5.25. The number of carboxylic acid groups (broad SMARTS) is 1. The molecule has 0 heterocycles. The molecule has 0 radical (unpaired) electrons. The van der Waals surface area contributed by atoms with Crippen LogP contribution in [0.4, 0.5) is 0 Å². The molecule has 1 atom stereocenters. The maximum atomic E-state index is 10.6. The monoisotopic (exact) mass is 256 g/mol. The first-order valence-corrected chi connectivity index (χ1v) is 6.30. The Bertz CT molecular complexity index is 367. The zero-order valence-electron chi connectivity index (χ0n) is 9.88. The molecule has 1 unspecified atom stereocenters. The lowest BCUT2D eigenvalue weighted by atomic mass is 10.3. The highest BCUT2D eigenvalue weighted by Gasteiger charge is 2.10. The molecule has 5 heteroatoms. The average molecular weight is 256 g/mol. The molecule has 94 valence electrons. The lowest BCUT2D eigenvalue weighted by molar-refractivity contribution is -0.136. The minimum absolute atomic E-state index is 0.406. The molecule has 0 aliphatic rings. The highest BCUT2D eigenvalue weighted by atomic mass is 32.2. The molecule has 0 aliphatic heterocycles. The van der Waals surface area contributed by atoms with E-state index in [0.717, 1.165) is 0 Å². The van der Waals surface area contributed by atoms with Gasteiger partial charge in [-0.2, -0.15) is 0 Å². The van der Waals surface area contributed by atoms with Crippen LogP contribution in [0.25, 0.3) is 0 Å². The van der Waals surface area contributed by atoms with Crippen LogP contribution in [0.3, 0.4) is 0 Å². The Kier molecular flexibility index (Phi) is 5.69. The fraction of sp³-hybridized carbons (Fsp3) is 0.417. The molecule has 17 heavy (non-hydrogen) atoms. The van der Waals surface area contributed by atoms with E-state index in [-0.39, 0.29) is 0 Å². The zero-order valence-corrected chi connectivity index (χ0v) is 10.7. The number of benzene rings is 1. The number of aliphatic carboxylic acids is 1. The fourth-order valence-electron chi connectivity index (χ4n) is 1.19. The van der Waals surface area contributed by atoms with Crippen molar-refractivity contribution in [3.05, 3.63) is 24.3 Å². The van der Waals surface area contributed by atoms with Crippen LogP contribution in [-0.2, 0) is 4.79 Å². The van der Waals surface area contributed by atoms with Crippen molar-refractivity contribution in [2.24, 2.45) is 0 Å². The summed E-state index contributed by atoms with van der Waals surface area (Å²) in [5.41, 5.74) is 0. The van der Waals surface area contributed by atoms with Gasteiger partial charge in [-0.25, -0.2) is 0 Å².